The Morgan fingerprint density at radius 1 is 1.19 bits per heavy atom. The Hall–Kier alpha value is -3.35. The van der Waals surface area contributed by atoms with Crippen LogP contribution in [0.25, 0.3) is 17.4 Å². The zero-order valence-electron chi connectivity index (χ0n) is 23.7. The Bertz CT molecular complexity index is 1400. The van der Waals surface area contributed by atoms with Gasteiger partial charge in [-0.2, -0.15) is 0 Å². The van der Waals surface area contributed by atoms with E-state index in [0.29, 0.717) is 63.5 Å². The van der Waals surface area contributed by atoms with Crippen LogP contribution < -0.4 is 26.3 Å². The van der Waals surface area contributed by atoms with Crippen molar-refractivity contribution in [3.63, 3.8) is 0 Å². The van der Waals surface area contributed by atoms with Gasteiger partial charge in [0.2, 0.25) is 11.8 Å². The summed E-state index contributed by atoms with van der Waals surface area (Å²) < 4.78 is 17.8. The summed E-state index contributed by atoms with van der Waals surface area (Å²) >= 11 is 7.00. The maximum absolute atomic E-state index is 13.6. The highest BCUT2D eigenvalue weighted by molar-refractivity contribution is 8.26. The molecule has 3 amide bonds. The Morgan fingerprint density at radius 2 is 1.93 bits per heavy atom. The van der Waals surface area contributed by atoms with E-state index >= 15 is 0 Å². The van der Waals surface area contributed by atoms with E-state index in [1.54, 1.807) is 26.4 Å². The number of furan rings is 1. The molecule has 2 aliphatic carbocycles. The maximum atomic E-state index is 13.6. The summed E-state index contributed by atoms with van der Waals surface area (Å²) in [6, 6.07) is 6.60. The number of fused-ring (bicyclic) bond motifs is 2. The largest absolute Gasteiger partial charge is 0.497 e. The number of primary amides is 1. The number of carbonyl (C=O) groups excluding carboxylic acids is 3. The van der Waals surface area contributed by atoms with Crippen LogP contribution >= 0.6 is 24.0 Å². The van der Waals surface area contributed by atoms with Crippen molar-refractivity contribution in [3.8, 4) is 22.8 Å². The van der Waals surface area contributed by atoms with E-state index in [1.165, 1.54) is 24.6 Å². The summed E-state index contributed by atoms with van der Waals surface area (Å²) in [6.45, 7) is 0.338. The molecule has 2 bridgehead atoms. The number of rotatable bonds is 12. The fourth-order valence-electron chi connectivity index (χ4n) is 6.20. The van der Waals surface area contributed by atoms with Gasteiger partial charge >= 0.3 is 0 Å². The molecule has 1 aliphatic heterocycles. The van der Waals surface area contributed by atoms with Gasteiger partial charge in [0.25, 0.3) is 5.91 Å². The molecule has 12 heteroatoms. The van der Waals surface area contributed by atoms with Crippen LogP contribution in [0, 0.1) is 11.8 Å². The van der Waals surface area contributed by atoms with Gasteiger partial charge < -0.3 is 30.7 Å². The number of amides is 3. The molecule has 3 fully saturated rings. The minimum Gasteiger partial charge on any atom is -0.497 e. The first kappa shape index (κ1) is 30.1. The van der Waals surface area contributed by atoms with Gasteiger partial charge in [0.15, 0.2) is 0 Å². The maximum Gasteiger partial charge on any atom is 0.266 e. The van der Waals surface area contributed by atoms with Crippen LogP contribution in [0.4, 0.5) is 0 Å². The number of thiocarbonyl (C=S) groups is 1. The Morgan fingerprint density at radius 3 is 2.55 bits per heavy atom. The van der Waals surface area contributed by atoms with Crippen molar-refractivity contribution in [2.45, 2.75) is 57.0 Å². The summed E-state index contributed by atoms with van der Waals surface area (Å²) in [5.74, 6) is 2.46. The average molecular weight is 613 g/mol. The van der Waals surface area contributed by atoms with E-state index in [4.69, 9.17) is 37.6 Å². The Labute approximate surface area is 254 Å². The van der Waals surface area contributed by atoms with Gasteiger partial charge in [-0.1, -0.05) is 30.4 Å². The number of hydrogen-bond donors (Lipinski definition) is 3. The van der Waals surface area contributed by atoms with E-state index < -0.39 is 17.9 Å². The van der Waals surface area contributed by atoms with Crippen LogP contribution in [-0.4, -0.2) is 59.8 Å². The quantitative estimate of drug-likeness (QED) is 0.186. The lowest BCUT2D eigenvalue weighted by atomic mass is 9.94. The van der Waals surface area contributed by atoms with Crippen LogP contribution in [-0.2, 0) is 20.8 Å². The molecule has 5 N–H and O–H groups in total. The van der Waals surface area contributed by atoms with Gasteiger partial charge in [-0.05, 0) is 67.7 Å². The summed E-state index contributed by atoms with van der Waals surface area (Å²) in [7, 11) is 3.17. The normalized spacial score (nSPS) is 23.1. The van der Waals surface area contributed by atoms with Crippen molar-refractivity contribution in [3.05, 3.63) is 40.5 Å². The number of nitrogens with one attached hydrogen (secondary N) is 1. The van der Waals surface area contributed by atoms with Gasteiger partial charge in [-0.15, -0.1) is 0 Å². The molecule has 1 aromatic carbocycles. The van der Waals surface area contributed by atoms with Gasteiger partial charge in [0.05, 0.1) is 31.6 Å². The molecule has 3 unspecified atom stereocenters. The second-order valence-corrected chi connectivity index (χ2v) is 12.7. The van der Waals surface area contributed by atoms with Crippen molar-refractivity contribution in [1.82, 2.24) is 10.2 Å². The molecular formula is C30H36N4O6S2. The molecule has 0 radical (unpaired) electrons. The summed E-state index contributed by atoms with van der Waals surface area (Å²) in [5.41, 5.74) is 12.5. The lowest BCUT2D eigenvalue weighted by Crippen LogP contribution is -2.43. The number of thioether (sulfide) groups is 1. The average Bonchev–Trinajstić information content (AvgIpc) is 3.75. The number of ether oxygens (including phenoxy) is 2. The summed E-state index contributed by atoms with van der Waals surface area (Å²) in [4.78, 5) is 39.2. The van der Waals surface area contributed by atoms with E-state index in [1.807, 2.05) is 23.1 Å². The molecule has 224 valence electrons. The van der Waals surface area contributed by atoms with E-state index in [0.717, 1.165) is 24.0 Å². The predicted octanol–water partition coefficient (Wildman–Crippen LogP) is 3.61. The first-order valence-corrected chi connectivity index (χ1v) is 15.3. The molecule has 0 spiro atoms. The minimum atomic E-state index is -0.987. The second-order valence-electron chi connectivity index (χ2n) is 11.1. The minimum absolute atomic E-state index is 0.0646. The first-order valence-electron chi connectivity index (χ1n) is 14.1. The standard InChI is InChI=1S/C30H36N4O6S2/c1-38-20-10-19(11-21(13-20)39-2)24-12-18(4-3-7-33-28(36)22(31)14-27(32)35)25(40-24)15-26-29(37)34(30(41)42-26)23-9-16-5-6-17(23)8-16/h10-13,15-17,22-23H,3-9,14,31H2,1-2H3,(H2,32,35)(H,33,36)/b26-15-/t16?,17?,22-,23?/m0/s1. The van der Waals surface area contributed by atoms with Gasteiger partial charge in [0, 0.05) is 30.3 Å². The third-order valence-electron chi connectivity index (χ3n) is 8.28. The smallest absolute Gasteiger partial charge is 0.266 e. The van der Waals surface area contributed by atoms with Crippen molar-refractivity contribution in [2.24, 2.45) is 23.3 Å². The number of methoxy groups -OCH3 is 2. The Kier molecular flexibility index (Phi) is 9.24. The number of nitrogens with two attached hydrogens (primary N) is 2. The zero-order valence-corrected chi connectivity index (χ0v) is 25.4. The van der Waals surface area contributed by atoms with Crippen LogP contribution in [0.1, 0.15) is 49.8 Å². The molecule has 1 aromatic heterocycles. The molecule has 42 heavy (non-hydrogen) atoms. The number of nitrogens with zero attached hydrogens (tertiary/aromatic N) is 1. The van der Waals surface area contributed by atoms with Crippen molar-refractivity contribution < 1.29 is 28.3 Å². The van der Waals surface area contributed by atoms with E-state index in [9.17, 15) is 14.4 Å². The van der Waals surface area contributed by atoms with Crippen molar-refractivity contribution >= 4 is 52.1 Å². The lowest BCUT2D eigenvalue weighted by Gasteiger charge is -2.30. The first-order chi connectivity index (χ1) is 20.2. The highest BCUT2D eigenvalue weighted by Gasteiger charge is 2.48. The van der Waals surface area contributed by atoms with Crippen LogP contribution in [0.2, 0.25) is 0 Å². The third-order valence-corrected chi connectivity index (χ3v) is 9.61. The molecule has 2 heterocycles. The van der Waals surface area contributed by atoms with Gasteiger partial charge in [-0.3, -0.25) is 19.3 Å². The number of carbonyl (C=O) groups is 3. The van der Waals surface area contributed by atoms with Crippen LogP contribution in [0.3, 0.4) is 0 Å². The van der Waals surface area contributed by atoms with Crippen LogP contribution in [0.5, 0.6) is 11.5 Å². The summed E-state index contributed by atoms with van der Waals surface area (Å²) in [5, 5.41) is 2.75. The van der Waals surface area contributed by atoms with Crippen molar-refractivity contribution in [2.75, 3.05) is 20.8 Å². The fraction of sp³-hybridized carbons (Fsp3) is 0.467. The molecule has 10 nitrogen and oxygen atoms in total. The molecule has 1 saturated heterocycles. The molecule has 3 aliphatic rings. The molecule has 2 aromatic rings. The molecule has 5 rings (SSSR count). The number of aryl methyl sites for hydroxylation is 1. The Balaban J connectivity index is 1.38. The van der Waals surface area contributed by atoms with Gasteiger partial charge in [-0.25, -0.2) is 0 Å². The number of hydrogen-bond acceptors (Lipinski definition) is 9. The topological polar surface area (TPSA) is 150 Å². The highest BCUT2D eigenvalue weighted by atomic mass is 32.2. The van der Waals surface area contributed by atoms with Gasteiger partial charge in [0.1, 0.15) is 27.3 Å². The third kappa shape index (κ3) is 6.50. The SMILES string of the molecule is COc1cc(OC)cc(-c2cc(CCCNC(=O)[C@@H](N)CC(N)=O)c(/C=C3\SC(=S)N(C4CC5CCC4C5)C3=O)o2)c1. The van der Waals surface area contributed by atoms with E-state index in [2.05, 4.69) is 5.32 Å². The molecule has 4 atom stereocenters. The zero-order chi connectivity index (χ0) is 30.0. The summed E-state index contributed by atoms with van der Waals surface area (Å²) in [6.07, 6.45) is 7.29. The van der Waals surface area contributed by atoms with Crippen LogP contribution in [0.15, 0.2) is 33.6 Å². The monoisotopic (exact) mass is 612 g/mol. The highest BCUT2D eigenvalue weighted by Crippen LogP contribution is 2.49. The second kappa shape index (κ2) is 12.9. The van der Waals surface area contributed by atoms with E-state index in [-0.39, 0.29) is 18.4 Å². The number of benzene rings is 1. The lowest BCUT2D eigenvalue weighted by molar-refractivity contribution is -0.126. The molecular weight excluding hydrogens is 576 g/mol. The predicted molar refractivity (Wildman–Crippen MR) is 165 cm³/mol. The fourth-order valence-corrected chi connectivity index (χ4v) is 7.54. The molecule has 2 saturated carbocycles. The van der Waals surface area contributed by atoms with Crippen molar-refractivity contribution in [1.29, 1.82) is 0 Å².